The zero-order chi connectivity index (χ0) is 22.6. The summed E-state index contributed by atoms with van der Waals surface area (Å²) < 4.78 is 16.8. The molecule has 0 saturated heterocycles. The summed E-state index contributed by atoms with van der Waals surface area (Å²) in [5.74, 6) is -0.328. The van der Waals surface area contributed by atoms with Crippen LogP contribution < -0.4 is 5.73 Å². The SMILES string of the molecule is CC(C)(O)CCn1cnc(-c2ccc(F)cc2)c1-c1ccc2ncc(C=O)n2n1.CN. The van der Waals surface area contributed by atoms with E-state index in [0.717, 1.165) is 5.56 Å². The molecule has 8 nitrogen and oxygen atoms in total. The van der Waals surface area contributed by atoms with Crippen molar-refractivity contribution in [1.82, 2.24) is 24.1 Å². The molecule has 0 bridgehead atoms. The quantitative estimate of drug-likeness (QED) is 0.460. The number of carbonyl (C=O) groups is 1. The number of carbonyl (C=O) groups excluding carboxylic acids is 1. The van der Waals surface area contributed by atoms with Gasteiger partial charge in [-0.05, 0) is 63.7 Å². The summed E-state index contributed by atoms with van der Waals surface area (Å²) in [5, 5.41) is 14.7. The highest BCUT2D eigenvalue weighted by Gasteiger charge is 2.20. The number of aryl methyl sites for hydroxylation is 1. The fourth-order valence-electron chi connectivity index (χ4n) is 3.13. The molecule has 9 heteroatoms. The van der Waals surface area contributed by atoms with Crippen LogP contribution in [0.15, 0.2) is 48.9 Å². The van der Waals surface area contributed by atoms with Crippen LogP contribution in [0.2, 0.25) is 0 Å². The van der Waals surface area contributed by atoms with Gasteiger partial charge in [0.15, 0.2) is 11.9 Å². The Morgan fingerprint density at radius 3 is 2.48 bits per heavy atom. The Morgan fingerprint density at radius 2 is 1.84 bits per heavy atom. The van der Waals surface area contributed by atoms with E-state index in [2.05, 4.69) is 20.8 Å². The summed E-state index contributed by atoms with van der Waals surface area (Å²) in [6, 6.07) is 9.67. The standard InChI is InChI=1S/C21H20FN5O2.CH5N/c1-21(2,29)9-10-26-13-24-19(14-3-5-15(22)6-4-14)20(26)17-7-8-18-23-11-16(12-28)27(18)25-17;1-2/h3-8,11-13,29H,9-10H2,1-2H3;2H2,1H3. The zero-order valence-electron chi connectivity index (χ0n) is 17.7. The van der Waals surface area contributed by atoms with Gasteiger partial charge in [0, 0.05) is 12.1 Å². The van der Waals surface area contributed by atoms with Crippen molar-refractivity contribution in [3.63, 3.8) is 0 Å². The predicted molar refractivity (Wildman–Crippen MR) is 116 cm³/mol. The average molecular weight is 424 g/mol. The highest BCUT2D eigenvalue weighted by molar-refractivity contribution is 5.78. The maximum Gasteiger partial charge on any atom is 0.170 e. The lowest BCUT2D eigenvalue weighted by atomic mass is 10.1. The van der Waals surface area contributed by atoms with Gasteiger partial charge in [0.05, 0.1) is 29.5 Å². The number of imidazole rings is 2. The van der Waals surface area contributed by atoms with E-state index in [9.17, 15) is 14.3 Å². The van der Waals surface area contributed by atoms with Crippen molar-refractivity contribution in [2.75, 3.05) is 7.05 Å². The third-order valence-electron chi connectivity index (χ3n) is 4.67. The number of nitrogens with zero attached hydrogens (tertiary/aromatic N) is 5. The summed E-state index contributed by atoms with van der Waals surface area (Å²) in [4.78, 5) is 20.0. The van der Waals surface area contributed by atoms with Crippen LogP contribution in [-0.2, 0) is 6.54 Å². The molecule has 3 N–H and O–H groups in total. The molecule has 0 aliphatic rings. The third kappa shape index (κ3) is 4.84. The molecular weight excluding hydrogens is 399 g/mol. The molecule has 0 unspecified atom stereocenters. The Balaban J connectivity index is 0.00000132. The normalized spacial score (nSPS) is 11.3. The molecule has 4 rings (SSSR count). The van der Waals surface area contributed by atoms with Gasteiger partial charge in [-0.25, -0.2) is 18.9 Å². The number of aliphatic hydroxyl groups is 1. The number of aromatic nitrogens is 5. The molecule has 31 heavy (non-hydrogen) atoms. The number of rotatable bonds is 6. The van der Waals surface area contributed by atoms with E-state index in [1.165, 1.54) is 29.9 Å². The molecule has 0 saturated carbocycles. The largest absolute Gasteiger partial charge is 0.390 e. The topological polar surface area (TPSA) is 111 Å². The van der Waals surface area contributed by atoms with Gasteiger partial charge in [0.2, 0.25) is 0 Å². The first-order chi connectivity index (χ1) is 14.9. The molecule has 162 valence electrons. The number of nitrogens with two attached hydrogens (primary N) is 1. The van der Waals surface area contributed by atoms with Crippen LogP contribution in [0.25, 0.3) is 28.3 Å². The van der Waals surface area contributed by atoms with E-state index >= 15 is 0 Å². The van der Waals surface area contributed by atoms with Crippen molar-refractivity contribution in [2.45, 2.75) is 32.4 Å². The number of benzene rings is 1. The molecule has 1 aromatic carbocycles. The Hall–Kier alpha value is -3.43. The Labute approximate surface area is 179 Å². The number of halogens is 1. The van der Waals surface area contributed by atoms with E-state index in [-0.39, 0.29) is 5.82 Å². The second kappa shape index (κ2) is 9.15. The number of hydrogen-bond donors (Lipinski definition) is 2. The van der Waals surface area contributed by atoms with Gasteiger partial charge in [-0.2, -0.15) is 5.10 Å². The van der Waals surface area contributed by atoms with Gasteiger partial charge < -0.3 is 15.4 Å². The van der Waals surface area contributed by atoms with E-state index in [1.807, 2.05) is 10.6 Å². The van der Waals surface area contributed by atoms with Gasteiger partial charge >= 0.3 is 0 Å². The summed E-state index contributed by atoms with van der Waals surface area (Å²) in [7, 11) is 1.50. The zero-order valence-corrected chi connectivity index (χ0v) is 17.7. The van der Waals surface area contributed by atoms with Crippen molar-refractivity contribution < 1.29 is 14.3 Å². The maximum atomic E-state index is 13.4. The summed E-state index contributed by atoms with van der Waals surface area (Å²) in [5.41, 5.74) is 7.24. The third-order valence-corrected chi connectivity index (χ3v) is 4.67. The summed E-state index contributed by atoms with van der Waals surface area (Å²) in [6.45, 7) is 4.00. The monoisotopic (exact) mass is 424 g/mol. The van der Waals surface area contributed by atoms with Crippen molar-refractivity contribution in [1.29, 1.82) is 0 Å². The minimum atomic E-state index is -0.843. The van der Waals surface area contributed by atoms with E-state index in [4.69, 9.17) is 0 Å². The summed E-state index contributed by atoms with van der Waals surface area (Å²) >= 11 is 0. The van der Waals surface area contributed by atoms with Crippen molar-refractivity contribution >= 4 is 11.9 Å². The molecule has 0 aliphatic heterocycles. The lowest BCUT2D eigenvalue weighted by Gasteiger charge is -2.18. The second-order valence-corrected chi connectivity index (χ2v) is 7.49. The first-order valence-electron chi connectivity index (χ1n) is 9.77. The minimum Gasteiger partial charge on any atom is -0.390 e. The fourth-order valence-corrected chi connectivity index (χ4v) is 3.13. The lowest BCUT2D eigenvalue weighted by Crippen LogP contribution is -2.21. The fraction of sp³-hybridized carbons (Fsp3) is 0.273. The molecule has 3 heterocycles. The van der Waals surface area contributed by atoms with Crippen LogP contribution in [0.3, 0.4) is 0 Å². The molecule has 0 atom stereocenters. The molecule has 0 spiro atoms. The molecule has 0 amide bonds. The maximum absolute atomic E-state index is 13.4. The van der Waals surface area contributed by atoms with E-state index in [1.54, 1.807) is 38.4 Å². The molecule has 3 aromatic heterocycles. The Bertz CT molecular complexity index is 1180. The first kappa shape index (κ1) is 22.3. The number of fused-ring (bicyclic) bond motifs is 1. The van der Waals surface area contributed by atoms with Crippen LogP contribution in [-0.4, -0.2) is 48.2 Å². The van der Waals surface area contributed by atoms with Crippen LogP contribution in [0.1, 0.15) is 30.8 Å². The lowest BCUT2D eigenvalue weighted by molar-refractivity contribution is 0.0663. The van der Waals surface area contributed by atoms with Crippen molar-refractivity contribution in [3.8, 4) is 22.6 Å². The first-order valence-corrected chi connectivity index (χ1v) is 9.77. The van der Waals surface area contributed by atoms with Gasteiger partial charge in [-0.15, -0.1) is 0 Å². The molecule has 0 aliphatic carbocycles. The molecule has 0 radical (unpaired) electrons. The Kier molecular flexibility index (Phi) is 6.57. The van der Waals surface area contributed by atoms with E-state index < -0.39 is 5.60 Å². The minimum absolute atomic E-state index is 0.328. The van der Waals surface area contributed by atoms with Crippen molar-refractivity contribution in [2.24, 2.45) is 5.73 Å². The van der Waals surface area contributed by atoms with E-state index in [0.29, 0.717) is 47.7 Å². The van der Waals surface area contributed by atoms with Crippen LogP contribution in [0.4, 0.5) is 4.39 Å². The smallest absolute Gasteiger partial charge is 0.170 e. The molecule has 4 aromatic rings. The van der Waals surface area contributed by atoms with Crippen LogP contribution in [0.5, 0.6) is 0 Å². The summed E-state index contributed by atoms with van der Waals surface area (Å²) in [6.07, 6.45) is 4.35. The number of hydrogen-bond acceptors (Lipinski definition) is 6. The van der Waals surface area contributed by atoms with Crippen LogP contribution in [0, 0.1) is 5.82 Å². The molecule has 0 fully saturated rings. The highest BCUT2D eigenvalue weighted by Crippen LogP contribution is 2.31. The number of aldehydes is 1. The van der Waals surface area contributed by atoms with Gasteiger partial charge in [-0.3, -0.25) is 4.79 Å². The van der Waals surface area contributed by atoms with Gasteiger partial charge in [-0.1, -0.05) is 0 Å². The predicted octanol–water partition coefficient (Wildman–Crippen LogP) is 2.95. The Morgan fingerprint density at radius 1 is 1.13 bits per heavy atom. The average Bonchev–Trinajstić information content (AvgIpc) is 3.37. The molecular formula is C22H25FN6O2. The van der Waals surface area contributed by atoms with Gasteiger partial charge in [0.25, 0.3) is 0 Å². The van der Waals surface area contributed by atoms with Crippen molar-refractivity contribution in [3.05, 3.63) is 60.4 Å². The van der Waals surface area contributed by atoms with Gasteiger partial charge in [0.1, 0.15) is 17.2 Å². The van der Waals surface area contributed by atoms with Crippen LogP contribution >= 0.6 is 0 Å². The highest BCUT2D eigenvalue weighted by atomic mass is 19.1. The second-order valence-electron chi connectivity index (χ2n) is 7.49.